The van der Waals surface area contributed by atoms with Crippen molar-refractivity contribution in [3.63, 3.8) is 0 Å². The Morgan fingerprint density at radius 1 is 1.06 bits per heavy atom. The van der Waals surface area contributed by atoms with Crippen LogP contribution in [0.25, 0.3) is 16.7 Å². The molecule has 0 bridgehead atoms. The molecule has 0 spiro atoms. The SMILES string of the molecule is O=C(c1cc(C2CC2)nc2c1c(C1CCCN1)nn2-c1ccccc1)N1CCC(F)CC1. The number of halogens is 1. The average Bonchev–Trinajstić information content (AvgIpc) is 3.40. The number of nitrogens with zero attached hydrogens (tertiary/aromatic N) is 4. The van der Waals surface area contributed by atoms with Crippen LogP contribution in [0.5, 0.6) is 0 Å². The molecule has 1 atom stereocenters. The Hall–Kier alpha value is -2.80. The van der Waals surface area contributed by atoms with Gasteiger partial charge in [-0.05, 0) is 63.3 Å². The number of amides is 1. The lowest BCUT2D eigenvalue weighted by Crippen LogP contribution is -2.39. The van der Waals surface area contributed by atoms with E-state index in [2.05, 4.69) is 5.32 Å². The summed E-state index contributed by atoms with van der Waals surface area (Å²) in [5.41, 5.74) is 4.26. The van der Waals surface area contributed by atoms with Crippen molar-refractivity contribution in [2.24, 2.45) is 0 Å². The smallest absolute Gasteiger partial charge is 0.254 e. The molecule has 3 aliphatic rings. The lowest BCUT2D eigenvalue weighted by Gasteiger charge is -2.29. The molecular formula is C25H28FN5O. The molecule has 6 nitrogen and oxygen atoms in total. The minimum Gasteiger partial charge on any atom is -0.338 e. The highest BCUT2D eigenvalue weighted by molar-refractivity contribution is 6.07. The number of benzene rings is 1. The molecule has 3 aromatic rings. The predicted molar refractivity (Wildman–Crippen MR) is 121 cm³/mol. The summed E-state index contributed by atoms with van der Waals surface area (Å²) < 4.78 is 15.6. The van der Waals surface area contributed by atoms with E-state index in [1.165, 1.54) is 0 Å². The molecule has 0 radical (unpaired) electrons. The highest BCUT2D eigenvalue weighted by Gasteiger charge is 2.33. The summed E-state index contributed by atoms with van der Waals surface area (Å²) in [6.07, 6.45) is 4.31. The molecule has 3 fully saturated rings. The maximum atomic E-state index is 13.7. The number of carbonyl (C=O) groups excluding carboxylic acids is 1. The van der Waals surface area contributed by atoms with Gasteiger partial charge in [0.15, 0.2) is 5.65 Å². The number of hydrogen-bond acceptors (Lipinski definition) is 4. The lowest BCUT2D eigenvalue weighted by molar-refractivity contribution is 0.0668. The summed E-state index contributed by atoms with van der Waals surface area (Å²) in [5, 5.41) is 9.43. The average molecular weight is 434 g/mol. The van der Waals surface area contributed by atoms with Gasteiger partial charge in [0.25, 0.3) is 5.91 Å². The molecular weight excluding hydrogens is 405 g/mol. The van der Waals surface area contributed by atoms with Crippen LogP contribution in [0.1, 0.15) is 72.2 Å². The van der Waals surface area contributed by atoms with Gasteiger partial charge in [0, 0.05) is 24.7 Å². The van der Waals surface area contributed by atoms with Crippen LogP contribution < -0.4 is 5.32 Å². The molecule has 1 N–H and O–H groups in total. The van der Waals surface area contributed by atoms with Gasteiger partial charge in [-0.15, -0.1) is 0 Å². The second kappa shape index (κ2) is 7.96. The molecule has 1 aromatic carbocycles. The van der Waals surface area contributed by atoms with Crippen molar-refractivity contribution in [3.05, 3.63) is 53.3 Å². The summed E-state index contributed by atoms with van der Waals surface area (Å²) in [6, 6.07) is 12.1. The van der Waals surface area contributed by atoms with Crippen LogP contribution in [0.2, 0.25) is 0 Å². The number of carbonyl (C=O) groups is 1. The summed E-state index contributed by atoms with van der Waals surface area (Å²) >= 11 is 0. The quantitative estimate of drug-likeness (QED) is 0.667. The van der Waals surface area contributed by atoms with Crippen LogP contribution in [0.4, 0.5) is 4.39 Å². The van der Waals surface area contributed by atoms with Crippen molar-refractivity contribution >= 4 is 16.9 Å². The Morgan fingerprint density at radius 2 is 1.84 bits per heavy atom. The van der Waals surface area contributed by atoms with Gasteiger partial charge in [-0.2, -0.15) is 5.10 Å². The molecule has 7 heteroatoms. The van der Waals surface area contributed by atoms with Crippen LogP contribution in [-0.2, 0) is 0 Å². The minimum absolute atomic E-state index is 0.0157. The lowest BCUT2D eigenvalue weighted by atomic mass is 10.0. The fourth-order valence-corrected chi connectivity index (χ4v) is 5.05. The first-order valence-corrected chi connectivity index (χ1v) is 11.8. The van der Waals surface area contributed by atoms with Crippen LogP contribution in [0, 0.1) is 0 Å². The molecule has 32 heavy (non-hydrogen) atoms. The van der Waals surface area contributed by atoms with E-state index >= 15 is 0 Å². The molecule has 1 amide bonds. The third-order valence-electron chi connectivity index (χ3n) is 7.01. The van der Waals surface area contributed by atoms with Gasteiger partial charge in [-0.1, -0.05) is 18.2 Å². The van der Waals surface area contributed by atoms with Gasteiger partial charge in [0.1, 0.15) is 6.17 Å². The van der Waals surface area contributed by atoms with Crippen LogP contribution in [0.3, 0.4) is 0 Å². The Bertz CT molecular complexity index is 1140. The van der Waals surface area contributed by atoms with Crippen molar-refractivity contribution in [3.8, 4) is 5.69 Å². The van der Waals surface area contributed by atoms with Gasteiger partial charge in [0.05, 0.1) is 28.4 Å². The van der Waals surface area contributed by atoms with Gasteiger partial charge < -0.3 is 10.2 Å². The van der Waals surface area contributed by atoms with Crippen molar-refractivity contribution in [2.45, 2.75) is 56.7 Å². The Kier molecular flexibility index (Phi) is 4.94. The molecule has 1 aliphatic carbocycles. The molecule has 166 valence electrons. The third-order valence-corrected chi connectivity index (χ3v) is 7.01. The van der Waals surface area contributed by atoms with Gasteiger partial charge in [-0.25, -0.2) is 14.1 Å². The second-order valence-electron chi connectivity index (χ2n) is 9.32. The number of alkyl halides is 1. The number of para-hydroxylation sites is 1. The van der Waals surface area contributed by atoms with Gasteiger partial charge in [-0.3, -0.25) is 4.79 Å². The number of rotatable bonds is 4. The highest BCUT2D eigenvalue weighted by atomic mass is 19.1. The van der Waals surface area contributed by atoms with E-state index in [1.54, 1.807) is 0 Å². The van der Waals surface area contributed by atoms with E-state index < -0.39 is 6.17 Å². The number of aromatic nitrogens is 3. The number of hydrogen-bond donors (Lipinski definition) is 1. The van der Waals surface area contributed by atoms with Crippen LogP contribution in [-0.4, -0.2) is 51.4 Å². The molecule has 4 heterocycles. The molecule has 2 aromatic heterocycles. The zero-order valence-electron chi connectivity index (χ0n) is 18.1. The first kappa shape index (κ1) is 19.9. The van der Waals surface area contributed by atoms with E-state index in [9.17, 15) is 9.18 Å². The monoisotopic (exact) mass is 433 g/mol. The fraction of sp³-hybridized carbons (Fsp3) is 0.480. The van der Waals surface area contributed by atoms with Crippen molar-refractivity contribution in [1.82, 2.24) is 25.0 Å². The normalized spacial score (nSPS) is 22.0. The van der Waals surface area contributed by atoms with Gasteiger partial charge in [0.2, 0.25) is 0 Å². The molecule has 6 rings (SSSR count). The molecule has 2 aliphatic heterocycles. The molecule has 2 saturated heterocycles. The van der Waals surface area contributed by atoms with E-state index in [0.29, 0.717) is 37.4 Å². The third kappa shape index (κ3) is 3.48. The number of nitrogens with one attached hydrogen (secondary N) is 1. The second-order valence-corrected chi connectivity index (χ2v) is 9.32. The van der Waals surface area contributed by atoms with Gasteiger partial charge >= 0.3 is 0 Å². The van der Waals surface area contributed by atoms with Crippen molar-refractivity contribution < 1.29 is 9.18 Å². The fourth-order valence-electron chi connectivity index (χ4n) is 5.05. The summed E-state index contributed by atoms with van der Waals surface area (Å²) in [7, 11) is 0. The van der Waals surface area contributed by atoms with E-state index in [4.69, 9.17) is 10.1 Å². The zero-order valence-corrected chi connectivity index (χ0v) is 18.1. The number of likely N-dealkylation sites (tertiary alicyclic amines) is 1. The first-order chi connectivity index (χ1) is 15.7. The van der Waals surface area contributed by atoms with Crippen LogP contribution >= 0.6 is 0 Å². The predicted octanol–water partition coefficient (Wildman–Crippen LogP) is 4.30. The number of piperidine rings is 1. The summed E-state index contributed by atoms with van der Waals surface area (Å²) in [4.78, 5) is 20.6. The Morgan fingerprint density at radius 3 is 2.53 bits per heavy atom. The van der Waals surface area contributed by atoms with E-state index in [0.717, 1.165) is 60.3 Å². The summed E-state index contributed by atoms with van der Waals surface area (Å²) in [6.45, 7) is 1.88. The largest absolute Gasteiger partial charge is 0.338 e. The van der Waals surface area contributed by atoms with E-state index in [1.807, 2.05) is 46.0 Å². The number of pyridine rings is 1. The van der Waals surface area contributed by atoms with Crippen molar-refractivity contribution in [1.29, 1.82) is 0 Å². The first-order valence-electron chi connectivity index (χ1n) is 11.8. The molecule has 1 unspecified atom stereocenters. The summed E-state index contributed by atoms with van der Waals surface area (Å²) in [5.74, 6) is 0.396. The topological polar surface area (TPSA) is 63.1 Å². The Labute approximate surface area is 186 Å². The van der Waals surface area contributed by atoms with E-state index in [-0.39, 0.29) is 11.9 Å². The number of fused-ring (bicyclic) bond motifs is 1. The molecule has 1 saturated carbocycles. The highest BCUT2D eigenvalue weighted by Crippen LogP contribution is 2.42. The standard InChI is InChI=1S/C25H28FN5O/c26-17-10-13-30(14-11-17)25(32)19-15-21(16-8-9-16)28-24-22(19)23(20-7-4-12-27-20)29-31(24)18-5-2-1-3-6-18/h1-3,5-6,15-17,20,27H,4,7-14H2. The maximum absolute atomic E-state index is 13.7. The van der Waals surface area contributed by atoms with Crippen molar-refractivity contribution in [2.75, 3.05) is 19.6 Å². The van der Waals surface area contributed by atoms with Crippen LogP contribution in [0.15, 0.2) is 36.4 Å². The minimum atomic E-state index is -0.808. The zero-order chi connectivity index (χ0) is 21.7. The Balaban J connectivity index is 1.55. The maximum Gasteiger partial charge on any atom is 0.254 e.